The summed E-state index contributed by atoms with van der Waals surface area (Å²) >= 11 is 0. The van der Waals surface area contributed by atoms with Crippen LogP contribution in [0.5, 0.6) is 0 Å². The van der Waals surface area contributed by atoms with Crippen LogP contribution in [0.1, 0.15) is 58.8 Å². The maximum atomic E-state index is 12.5. The van der Waals surface area contributed by atoms with Crippen LogP contribution in [-0.2, 0) is 28.6 Å². The summed E-state index contributed by atoms with van der Waals surface area (Å²) in [5.41, 5.74) is 5.11. The van der Waals surface area contributed by atoms with Gasteiger partial charge in [-0.1, -0.05) is 32.0 Å². The zero-order valence-electron chi connectivity index (χ0n) is 19.2. The van der Waals surface area contributed by atoms with Crippen molar-refractivity contribution >= 4 is 17.3 Å². The molecule has 3 aliphatic rings. The molecule has 5 unspecified atom stereocenters. The van der Waals surface area contributed by atoms with Crippen LogP contribution in [0.25, 0.3) is 0 Å². The maximum absolute atomic E-state index is 12.5. The summed E-state index contributed by atoms with van der Waals surface area (Å²) in [5, 5.41) is 9.55. The van der Waals surface area contributed by atoms with Crippen molar-refractivity contribution in [2.24, 2.45) is 11.8 Å². The number of hydrogen-bond donors (Lipinski definition) is 3. The van der Waals surface area contributed by atoms with Crippen LogP contribution in [0.2, 0.25) is 0 Å². The molecule has 4 rings (SSSR count). The Morgan fingerprint density at radius 1 is 1.21 bits per heavy atom. The standard InChI is InChI=1S/C24H34N2O7/c1-16(2)23(26-29)13-14-24(33-23)21(31-24)11-9-18(27)8-10-19-20(28)12-15-30-22(19)32-25-17-6-4-3-5-7-17/h3-7,16,19,21-22,25-26,29H,8-15H2,1-2H3. The molecule has 3 fully saturated rings. The molecule has 182 valence electrons. The van der Waals surface area contributed by atoms with Crippen LogP contribution < -0.4 is 11.0 Å². The third-order valence-electron chi connectivity index (χ3n) is 6.96. The van der Waals surface area contributed by atoms with Crippen LogP contribution in [-0.4, -0.2) is 47.3 Å². The summed E-state index contributed by atoms with van der Waals surface area (Å²) in [7, 11) is 0. The van der Waals surface area contributed by atoms with Crippen molar-refractivity contribution in [3.05, 3.63) is 30.3 Å². The second-order valence-corrected chi connectivity index (χ2v) is 9.44. The lowest BCUT2D eigenvalue weighted by atomic mass is 9.92. The van der Waals surface area contributed by atoms with Crippen LogP contribution in [0, 0.1) is 11.8 Å². The number of nitrogens with one attached hydrogen (secondary N) is 2. The summed E-state index contributed by atoms with van der Waals surface area (Å²) in [6.07, 6.45) is 2.35. The third kappa shape index (κ3) is 5.45. The van der Waals surface area contributed by atoms with Gasteiger partial charge in [-0.2, -0.15) is 5.48 Å². The van der Waals surface area contributed by atoms with Gasteiger partial charge in [-0.3, -0.25) is 15.1 Å². The van der Waals surface area contributed by atoms with Crippen molar-refractivity contribution in [2.75, 3.05) is 12.1 Å². The average molecular weight is 463 g/mol. The fourth-order valence-corrected chi connectivity index (χ4v) is 4.69. The van der Waals surface area contributed by atoms with Gasteiger partial charge in [-0.05, 0) is 37.3 Å². The van der Waals surface area contributed by atoms with E-state index in [0.717, 1.165) is 5.69 Å². The van der Waals surface area contributed by atoms with Crippen molar-refractivity contribution in [1.29, 1.82) is 0 Å². The van der Waals surface area contributed by atoms with E-state index >= 15 is 0 Å². The van der Waals surface area contributed by atoms with E-state index in [-0.39, 0.29) is 30.0 Å². The van der Waals surface area contributed by atoms with E-state index < -0.39 is 23.7 Å². The topological polar surface area (TPSA) is 119 Å². The fraction of sp³-hybridized carbons (Fsp3) is 0.667. The molecule has 3 saturated heterocycles. The Balaban J connectivity index is 1.21. The lowest BCUT2D eigenvalue weighted by molar-refractivity contribution is -0.187. The molecule has 0 aliphatic carbocycles. The second-order valence-electron chi connectivity index (χ2n) is 9.44. The Hall–Kier alpha value is -1.88. The SMILES string of the molecule is CC(C)C1(NO)CCC2(OC2CCC(=O)CCC2C(=O)CCOC2ONc2ccccc2)O1. The summed E-state index contributed by atoms with van der Waals surface area (Å²) in [5.74, 6) is -0.977. The highest BCUT2D eigenvalue weighted by Gasteiger charge is 2.66. The summed E-state index contributed by atoms with van der Waals surface area (Å²) in [4.78, 5) is 30.6. The molecule has 9 nitrogen and oxygen atoms in total. The number of anilines is 1. The Bertz CT molecular complexity index is 835. The summed E-state index contributed by atoms with van der Waals surface area (Å²) in [6.45, 7) is 4.27. The number of hydroxylamine groups is 1. The molecule has 0 aromatic heterocycles. The molecule has 0 bridgehead atoms. The van der Waals surface area contributed by atoms with Crippen molar-refractivity contribution < 1.29 is 33.8 Å². The van der Waals surface area contributed by atoms with E-state index in [0.29, 0.717) is 45.1 Å². The predicted molar refractivity (Wildman–Crippen MR) is 118 cm³/mol. The van der Waals surface area contributed by atoms with Gasteiger partial charge in [0.2, 0.25) is 0 Å². The number of ketones is 2. The molecule has 1 spiro atoms. The van der Waals surface area contributed by atoms with Gasteiger partial charge >= 0.3 is 0 Å². The van der Waals surface area contributed by atoms with E-state index in [1.807, 2.05) is 44.2 Å². The van der Waals surface area contributed by atoms with Crippen LogP contribution in [0.15, 0.2) is 30.3 Å². The maximum Gasteiger partial charge on any atom is 0.197 e. The number of ether oxygens (including phenoxy) is 3. The van der Waals surface area contributed by atoms with Gasteiger partial charge in [0.05, 0.1) is 18.2 Å². The van der Waals surface area contributed by atoms with E-state index in [1.165, 1.54) is 0 Å². The Kier molecular flexibility index (Phi) is 7.47. The largest absolute Gasteiger partial charge is 0.349 e. The zero-order valence-corrected chi connectivity index (χ0v) is 19.2. The van der Waals surface area contributed by atoms with E-state index in [4.69, 9.17) is 19.0 Å². The quantitative estimate of drug-likeness (QED) is 0.336. The first kappa shape index (κ1) is 24.3. The molecule has 5 atom stereocenters. The Morgan fingerprint density at radius 3 is 2.67 bits per heavy atom. The molecule has 0 amide bonds. The molecule has 3 N–H and O–H groups in total. The third-order valence-corrected chi connectivity index (χ3v) is 6.96. The molecule has 3 aliphatic heterocycles. The van der Waals surface area contributed by atoms with Gasteiger partial charge in [0.25, 0.3) is 0 Å². The van der Waals surface area contributed by atoms with Gasteiger partial charge in [-0.15, -0.1) is 0 Å². The fourth-order valence-electron chi connectivity index (χ4n) is 4.69. The highest BCUT2D eigenvalue weighted by molar-refractivity contribution is 5.83. The van der Waals surface area contributed by atoms with Crippen molar-refractivity contribution in [3.63, 3.8) is 0 Å². The zero-order chi connectivity index (χ0) is 23.5. The Labute approximate surface area is 194 Å². The van der Waals surface area contributed by atoms with Crippen LogP contribution in [0.4, 0.5) is 5.69 Å². The molecular weight excluding hydrogens is 428 g/mol. The lowest BCUT2D eigenvalue weighted by Gasteiger charge is -2.31. The summed E-state index contributed by atoms with van der Waals surface area (Å²) < 4.78 is 17.5. The minimum atomic E-state index is -0.803. The smallest absolute Gasteiger partial charge is 0.197 e. The first-order valence-corrected chi connectivity index (χ1v) is 11.8. The van der Waals surface area contributed by atoms with Gasteiger partial charge in [0.1, 0.15) is 23.4 Å². The molecule has 0 radical (unpaired) electrons. The second kappa shape index (κ2) is 10.2. The van der Waals surface area contributed by atoms with Gasteiger partial charge < -0.3 is 19.4 Å². The monoisotopic (exact) mass is 462 g/mol. The predicted octanol–water partition coefficient (Wildman–Crippen LogP) is 3.33. The number of carbonyl (C=O) groups excluding carboxylic acids is 2. The number of Topliss-reactive ketones (excluding diaryl/α,β-unsaturated/α-hetero) is 2. The first-order chi connectivity index (χ1) is 15.9. The van der Waals surface area contributed by atoms with Crippen LogP contribution >= 0.6 is 0 Å². The molecule has 1 aromatic rings. The van der Waals surface area contributed by atoms with Crippen LogP contribution in [0.3, 0.4) is 0 Å². The minimum Gasteiger partial charge on any atom is -0.349 e. The molecule has 9 heteroatoms. The molecule has 0 saturated carbocycles. The van der Waals surface area contributed by atoms with Gasteiger partial charge in [0, 0.05) is 25.7 Å². The summed E-state index contributed by atoms with van der Waals surface area (Å²) in [6, 6.07) is 9.36. The molecule has 1 aromatic carbocycles. The number of benzene rings is 1. The van der Waals surface area contributed by atoms with Crippen molar-refractivity contribution in [3.8, 4) is 0 Å². The van der Waals surface area contributed by atoms with E-state index in [9.17, 15) is 14.8 Å². The average Bonchev–Trinajstić information content (AvgIpc) is 3.34. The first-order valence-electron chi connectivity index (χ1n) is 11.8. The number of para-hydroxylation sites is 1. The molecular formula is C24H34N2O7. The number of hydrogen-bond acceptors (Lipinski definition) is 9. The van der Waals surface area contributed by atoms with Crippen molar-refractivity contribution in [2.45, 2.75) is 82.7 Å². The normalized spacial score (nSPS) is 33.6. The van der Waals surface area contributed by atoms with Gasteiger partial charge in [0.15, 0.2) is 12.1 Å². The highest BCUT2D eigenvalue weighted by atomic mass is 16.8. The lowest BCUT2D eigenvalue weighted by Crippen LogP contribution is -2.48. The van der Waals surface area contributed by atoms with Gasteiger partial charge in [-0.25, -0.2) is 4.84 Å². The minimum absolute atomic E-state index is 0.0549. The highest BCUT2D eigenvalue weighted by Crippen LogP contribution is 2.54. The Morgan fingerprint density at radius 2 is 1.97 bits per heavy atom. The van der Waals surface area contributed by atoms with E-state index in [2.05, 4.69) is 11.0 Å². The van der Waals surface area contributed by atoms with Crippen molar-refractivity contribution in [1.82, 2.24) is 5.48 Å². The number of rotatable bonds is 11. The number of carbonyl (C=O) groups is 2. The molecule has 33 heavy (non-hydrogen) atoms. The van der Waals surface area contributed by atoms with E-state index in [1.54, 1.807) is 0 Å². The number of epoxide rings is 1. The molecule has 3 heterocycles.